The van der Waals surface area contributed by atoms with E-state index >= 15 is 0 Å². The van der Waals surface area contributed by atoms with E-state index in [4.69, 9.17) is 27.3 Å². The first kappa shape index (κ1) is 19.2. The van der Waals surface area contributed by atoms with E-state index in [1.165, 1.54) is 6.20 Å². The second kappa shape index (κ2) is 9.38. The normalized spacial score (nSPS) is 17.4. The Morgan fingerprint density at radius 3 is 2.88 bits per heavy atom. The summed E-state index contributed by atoms with van der Waals surface area (Å²) in [5.74, 6) is 0. The maximum Gasteiger partial charge on any atom is 0.0941 e. The van der Waals surface area contributed by atoms with E-state index in [1.54, 1.807) is 24.4 Å². The number of hydrogen-bond acceptors (Lipinski definition) is 5. The largest absolute Gasteiger partial charge is 0.404 e. The van der Waals surface area contributed by atoms with Gasteiger partial charge in [0, 0.05) is 48.2 Å². The van der Waals surface area contributed by atoms with Crippen LogP contribution in [-0.4, -0.2) is 30.6 Å². The third-order valence-electron chi connectivity index (χ3n) is 4.08. The number of rotatable bonds is 6. The molecule has 0 aliphatic carbocycles. The Kier molecular flexibility index (Phi) is 7.20. The van der Waals surface area contributed by atoms with E-state index in [0.29, 0.717) is 40.5 Å². The number of nitrogens with two attached hydrogens (primary N) is 1. The predicted molar refractivity (Wildman–Crippen MR) is 100 cm³/mol. The number of aliphatic hydroxyl groups is 1. The number of aliphatic hydroxyl groups excluding tert-OH is 1. The molecule has 0 amide bonds. The number of aliphatic imine (C=N–C) groups is 1. The third kappa shape index (κ3) is 5.43. The highest BCUT2D eigenvalue weighted by Crippen LogP contribution is 2.30. The first-order chi connectivity index (χ1) is 12.0. The third-order valence-corrected chi connectivity index (χ3v) is 4.31. The Bertz CT molecular complexity index is 716. The molecule has 2 rings (SSSR count). The van der Waals surface area contributed by atoms with E-state index in [9.17, 15) is 5.11 Å². The molecule has 1 atom stereocenters. The molecule has 0 radical (unpaired) electrons. The average molecular weight is 360 g/mol. The summed E-state index contributed by atoms with van der Waals surface area (Å²) in [6.07, 6.45) is 4.20. The van der Waals surface area contributed by atoms with Crippen molar-refractivity contribution < 1.29 is 9.84 Å². The van der Waals surface area contributed by atoms with Crippen LogP contribution >= 0.6 is 11.6 Å². The first-order valence-corrected chi connectivity index (χ1v) is 8.51. The zero-order chi connectivity index (χ0) is 18.2. The zero-order valence-electron chi connectivity index (χ0n) is 14.0. The molecule has 1 aromatic rings. The molecule has 25 heavy (non-hydrogen) atoms. The second-order valence-electron chi connectivity index (χ2n) is 5.91. The van der Waals surface area contributed by atoms with Crippen molar-refractivity contribution >= 4 is 23.4 Å². The minimum Gasteiger partial charge on any atom is -0.404 e. The molecule has 0 saturated carbocycles. The van der Waals surface area contributed by atoms with Crippen molar-refractivity contribution in [1.82, 2.24) is 0 Å². The van der Waals surface area contributed by atoms with Crippen LogP contribution in [0.25, 0.3) is 5.57 Å². The van der Waals surface area contributed by atoms with Gasteiger partial charge in [0.15, 0.2) is 0 Å². The zero-order valence-corrected chi connectivity index (χ0v) is 14.7. The lowest BCUT2D eigenvalue weighted by Gasteiger charge is -2.19. The monoisotopic (exact) mass is 359 g/mol. The van der Waals surface area contributed by atoms with Crippen LogP contribution in [0, 0.1) is 11.3 Å². The molecule has 6 heteroatoms. The number of benzene rings is 1. The number of allylic oxidation sites excluding steroid dienone is 1. The molecule has 0 aromatic heterocycles. The van der Waals surface area contributed by atoms with Gasteiger partial charge < -0.3 is 15.6 Å². The predicted octanol–water partition coefficient (Wildman–Crippen LogP) is 3.39. The van der Waals surface area contributed by atoms with Gasteiger partial charge in [0.05, 0.1) is 18.2 Å². The van der Waals surface area contributed by atoms with Crippen LogP contribution in [0.5, 0.6) is 0 Å². The van der Waals surface area contributed by atoms with Gasteiger partial charge in [0.1, 0.15) is 0 Å². The van der Waals surface area contributed by atoms with Crippen molar-refractivity contribution in [3.63, 3.8) is 0 Å². The summed E-state index contributed by atoms with van der Waals surface area (Å²) in [4.78, 5) is 4.59. The molecule has 1 unspecified atom stereocenters. The molecule has 1 heterocycles. The van der Waals surface area contributed by atoms with Crippen LogP contribution in [0.4, 0.5) is 0 Å². The summed E-state index contributed by atoms with van der Waals surface area (Å²) < 4.78 is 5.33. The standard InChI is InChI=1S/C19H22ClN3O2/c1-13(10-21)8-19(24)17-3-2-15(20)9-18(17)14(11-22)12-23-16-4-6-25-7-5-16/h2-3,9,11-12,16,19,24H,1,4-8,22H2/b14-11+,23-12?. The number of hydrogen-bond donors (Lipinski definition) is 2. The van der Waals surface area contributed by atoms with Gasteiger partial charge in [-0.1, -0.05) is 24.2 Å². The van der Waals surface area contributed by atoms with Gasteiger partial charge in [0.25, 0.3) is 0 Å². The van der Waals surface area contributed by atoms with E-state index in [0.717, 1.165) is 12.8 Å². The molecular weight excluding hydrogens is 338 g/mol. The molecule has 1 fully saturated rings. The van der Waals surface area contributed by atoms with Crippen LogP contribution in [0.2, 0.25) is 5.02 Å². The summed E-state index contributed by atoms with van der Waals surface area (Å²) in [5, 5.41) is 19.9. The van der Waals surface area contributed by atoms with Crippen molar-refractivity contribution in [2.75, 3.05) is 13.2 Å². The Balaban J connectivity index is 2.28. The van der Waals surface area contributed by atoms with Crippen molar-refractivity contribution in [2.24, 2.45) is 10.7 Å². The quantitative estimate of drug-likeness (QED) is 0.601. The van der Waals surface area contributed by atoms with Crippen LogP contribution < -0.4 is 5.73 Å². The molecule has 1 saturated heterocycles. The summed E-state index contributed by atoms with van der Waals surface area (Å²) in [5.41, 5.74) is 8.11. The van der Waals surface area contributed by atoms with Gasteiger partial charge in [-0.3, -0.25) is 4.99 Å². The molecule has 0 bridgehead atoms. The van der Waals surface area contributed by atoms with Crippen molar-refractivity contribution in [3.8, 4) is 6.07 Å². The fourth-order valence-corrected chi connectivity index (χ4v) is 2.85. The highest BCUT2D eigenvalue weighted by molar-refractivity contribution is 6.31. The van der Waals surface area contributed by atoms with Crippen LogP contribution in [0.3, 0.4) is 0 Å². The summed E-state index contributed by atoms with van der Waals surface area (Å²) in [6, 6.07) is 7.33. The lowest BCUT2D eigenvalue weighted by Crippen LogP contribution is -2.18. The molecule has 5 nitrogen and oxygen atoms in total. The van der Waals surface area contributed by atoms with Gasteiger partial charge in [-0.05, 0) is 36.1 Å². The van der Waals surface area contributed by atoms with Gasteiger partial charge in [-0.2, -0.15) is 5.26 Å². The maximum absolute atomic E-state index is 10.5. The first-order valence-electron chi connectivity index (χ1n) is 8.13. The molecule has 132 valence electrons. The Morgan fingerprint density at radius 2 is 2.24 bits per heavy atom. The smallest absolute Gasteiger partial charge is 0.0941 e. The minimum atomic E-state index is -0.870. The van der Waals surface area contributed by atoms with E-state index < -0.39 is 6.10 Å². The van der Waals surface area contributed by atoms with Crippen LogP contribution in [0.15, 0.2) is 41.5 Å². The number of nitriles is 1. The summed E-state index contributed by atoms with van der Waals surface area (Å²) in [6.45, 7) is 5.04. The molecule has 1 aliphatic rings. The minimum absolute atomic E-state index is 0.153. The van der Waals surface area contributed by atoms with Gasteiger partial charge in [-0.15, -0.1) is 0 Å². The second-order valence-corrected chi connectivity index (χ2v) is 6.35. The van der Waals surface area contributed by atoms with E-state index in [-0.39, 0.29) is 12.5 Å². The van der Waals surface area contributed by atoms with Gasteiger partial charge in [-0.25, -0.2) is 0 Å². The van der Waals surface area contributed by atoms with E-state index in [2.05, 4.69) is 11.6 Å². The highest BCUT2D eigenvalue weighted by atomic mass is 35.5. The van der Waals surface area contributed by atoms with Crippen LogP contribution in [0.1, 0.15) is 36.5 Å². The van der Waals surface area contributed by atoms with E-state index in [1.807, 2.05) is 6.07 Å². The molecule has 3 N–H and O–H groups in total. The SMILES string of the molecule is C=C(C#N)CC(O)c1ccc(Cl)cc1/C(C=NC1CCOCC1)=C/N. The Labute approximate surface area is 153 Å². The molecular formula is C19H22ClN3O2. The topological polar surface area (TPSA) is 91.6 Å². The number of ether oxygens (including phenoxy) is 1. The van der Waals surface area contributed by atoms with Crippen molar-refractivity contribution in [1.29, 1.82) is 5.26 Å². The average Bonchev–Trinajstić information content (AvgIpc) is 2.63. The Hall–Kier alpha value is -2.13. The Morgan fingerprint density at radius 1 is 1.52 bits per heavy atom. The molecule has 0 spiro atoms. The van der Waals surface area contributed by atoms with Gasteiger partial charge in [0.2, 0.25) is 0 Å². The molecule has 1 aliphatic heterocycles. The maximum atomic E-state index is 10.5. The highest BCUT2D eigenvalue weighted by Gasteiger charge is 2.17. The lowest BCUT2D eigenvalue weighted by atomic mass is 9.94. The fraction of sp³-hybridized carbons (Fsp3) is 0.368. The van der Waals surface area contributed by atoms with Crippen LogP contribution in [-0.2, 0) is 4.74 Å². The van der Waals surface area contributed by atoms with Crippen molar-refractivity contribution in [3.05, 3.63) is 52.7 Å². The lowest BCUT2D eigenvalue weighted by molar-refractivity contribution is 0.0872. The van der Waals surface area contributed by atoms with Gasteiger partial charge >= 0.3 is 0 Å². The number of halogens is 1. The fourth-order valence-electron chi connectivity index (χ4n) is 2.68. The summed E-state index contributed by atoms with van der Waals surface area (Å²) >= 11 is 6.12. The molecule has 1 aromatic carbocycles. The van der Waals surface area contributed by atoms with Crippen molar-refractivity contribution in [2.45, 2.75) is 31.4 Å². The summed E-state index contributed by atoms with van der Waals surface area (Å²) in [7, 11) is 0. The number of nitrogens with zero attached hydrogens (tertiary/aromatic N) is 2.